The molecule has 0 saturated heterocycles. The molecule has 0 N–H and O–H groups in total. The number of amides is 1. The lowest BCUT2D eigenvalue weighted by molar-refractivity contribution is -0.124. The molecule has 1 aromatic rings. The monoisotopic (exact) mass is 267 g/mol. The Labute approximate surface area is 110 Å². The van der Waals surface area contributed by atoms with Crippen LogP contribution >= 0.6 is 11.6 Å². The number of ketones is 1. The average molecular weight is 268 g/mol. The van der Waals surface area contributed by atoms with Crippen LogP contribution in [0.5, 0.6) is 5.75 Å². The Kier molecular flexibility index (Phi) is 3.57. The molecule has 0 bridgehead atoms. The largest absolute Gasteiger partial charge is 0.479 e. The first kappa shape index (κ1) is 12.9. The Balaban J connectivity index is 2.43. The molecule has 1 atom stereocenters. The molecular formula is C13H14ClNO3. The fourth-order valence-electron chi connectivity index (χ4n) is 1.91. The number of alkyl halides is 1. The summed E-state index contributed by atoms with van der Waals surface area (Å²) in [5.41, 5.74) is 1.70. The number of aryl methyl sites for hydroxylation is 1. The predicted octanol–water partition coefficient (Wildman–Crippen LogP) is 1.92. The molecule has 2 rings (SSSR count). The van der Waals surface area contributed by atoms with E-state index in [4.69, 9.17) is 16.3 Å². The third-order valence-electron chi connectivity index (χ3n) is 2.89. The van der Waals surface area contributed by atoms with E-state index in [2.05, 4.69) is 0 Å². The molecule has 5 heteroatoms. The van der Waals surface area contributed by atoms with Gasteiger partial charge >= 0.3 is 0 Å². The summed E-state index contributed by atoms with van der Waals surface area (Å²) in [5.74, 6) is 0.107. The van der Waals surface area contributed by atoms with Crippen LogP contribution in [0.1, 0.15) is 12.5 Å². The summed E-state index contributed by atoms with van der Waals surface area (Å²) in [7, 11) is 0. The summed E-state index contributed by atoms with van der Waals surface area (Å²) < 4.78 is 5.59. The number of carbonyl (C=O) groups is 2. The maximum atomic E-state index is 11.8. The molecule has 0 aliphatic carbocycles. The Bertz CT molecular complexity index is 501. The van der Waals surface area contributed by atoms with Gasteiger partial charge in [-0.05, 0) is 31.5 Å². The maximum Gasteiger partial charge on any atom is 0.242 e. The Morgan fingerprint density at radius 3 is 2.83 bits per heavy atom. The van der Waals surface area contributed by atoms with Gasteiger partial charge in [0.1, 0.15) is 11.6 Å². The van der Waals surface area contributed by atoms with Crippen LogP contribution in [0.4, 0.5) is 5.69 Å². The molecule has 0 radical (unpaired) electrons. The second-order valence-corrected chi connectivity index (χ2v) is 4.59. The second-order valence-electron chi connectivity index (χ2n) is 4.33. The van der Waals surface area contributed by atoms with Gasteiger partial charge in [0.05, 0.1) is 12.2 Å². The maximum absolute atomic E-state index is 11.8. The van der Waals surface area contributed by atoms with E-state index in [0.717, 1.165) is 5.56 Å². The number of nitrogens with zero attached hydrogens (tertiary/aromatic N) is 1. The van der Waals surface area contributed by atoms with Gasteiger partial charge in [0.2, 0.25) is 5.91 Å². The van der Waals surface area contributed by atoms with Crippen molar-refractivity contribution in [1.29, 1.82) is 0 Å². The van der Waals surface area contributed by atoms with Crippen LogP contribution < -0.4 is 9.64 Å². The van der Waals surface area contributed by atoms with Crippen molar-refractivity contribution in [2.75, 3.05) is 17.3 Å². The summed E-state index contributed by atoms with van der Waals surface area (Å²) in [6.45, 7) is 3.60. The zero-order valence-electron chi connectivity index (χ0n) is 10.3. The molecule has 18 heavy (non-hydrogen) atoms. The molecule has 1 aromatic carbocycles. The fourth-order valence-corrected chi connectivity index (χ4v) is 2.06. The van der Waals surface area contributed by atoms with E-state index in [-0.39, 0.29) is 24.1 Å². The molecule has 4 nitrogen and oxygen atoms in total. The summed E-state index contributed by atoms with van der Waals surface area (Å²) in [6.07, 6.45) is -0.618. The number of carbonyl (C=O) groups excluding carboxylic acids is 2. The van der Waals surface area contributed by atoms with Gasteiger partial charge in [0, 0.05) is 0 Å². The molecule has 0 spiro atoms. The van der Waals surface area contributed by atoms with Crippen LogP contribution in [0.2, 0.25) is 0 Å². The van der Waals surface area contributed by atoms with Crippen LogP contribution in [0, 0.1) is 6.92 Å². The number of Topliss-reactive ketones (excluding diaryl/α,β-unsaturated/α-hetero) is 1. The molecular weight excluding hydrogens is 254 g/mol. The van der Waals surface area contributed by atoms with Gasteiger partial charge in [0.25, 0.3) is 0 Å². The Hall–Kier alpha value is -1.55. The quantitative estimate of drug-likeness (QED) is 0.769. The van der Waals surface area contributed by atoms with Crippen molar-refractivity contribution in [1.82, 2.24) is 0 Å². The third kappa shape index (κ3) is 2.34. The lowest BCUT2D eigenvalue weighted by Gasteiger charge is -2.33. The molecule has 1 aliphatic rings. The van der Waals surface area contributed by atoms with Crippen LogP contribution in [0.3, 0.4) is 0 Å². The Morgan fingerprint density at radius 1 is 1.50 bits per heavy atom. The van der Waals surface area contributed by atoms with Crippen LogP contribution in [0.15, 0.2) is 18.2 Å². The second kappa shape index (κ2) is 4.98. The van der Waals surface area contributed by atoms with Gasteiger partial charge in [0.15, 0.2) is 11.9 Å². The van der Waals surface area contributed by atoms with E-state index >= 15 is 0 Å². The van der Waals surface area contributed by atoms with Crippen LogP contribution in [-0.4, -0.2) is 30.2 Å². The van der Waals surface area contributed by atoms with E-state index in [1.807, 2.05) is 19.1 Å². The number of halogens is 1. The first-order chi connectivity index (χ1) is 8.52. The van der Waals surface area contributed by atoms with Gasteiger partial charge in [-0.2, -0.15) is 0 Å². The lowest BCUT2D eigenvalue weighted by atomic mass is 10.1. The summed E-state index contributed by atoms with van der Waals surface area (Å²) in [4.78, 5) is 24.8. The number of ether oxygens (including phenoxy) is 1. The Morgan fingerprint density at radius 2 is 2.22 bits per heavy atom. The topological polar surface area (TPSA) is 46.6 Å². The summed E-state index contributed by atoms with van der Waals surface area (Å²) in [6, 6.07) is 5.51. The minimum absolute atomic E-state index is 0.103. The SMILES string of the molecule is CC(=O)C1CN(C(=O)CCl)c2cc(C)ccc2O1. The molecule has 0 saturated carbocycles. The predicted molar refractivity (Wildman–Crippen MR) is 69.3 cm³/mol. The number of fused-ring (bicyclic) bond motifs is 1. The smallest absolute Gasteiger partial charge is 0.242 e. The summed E-state index contributed by atoms with van der Waals surface area (Å²) >= 11 is 5.60. The number of rotatable bonds is 2. The van der Waals surface area contributed by atoms with Crippen molar-refractivity contribution in [2.45, 2.75) is 20.0 Å². The lowest BCUT2D eigenvalue weighted by Crippen LogP contribution is -2.47. The minimum Gasteiger partial charge on any atom is -0.479 e. The zero-order chi connectivity index (χ0) is 13.3. The molecule has 1 unspecified atom stereocenters. The van der Waals surface area contributed by atoms with Crippen molar-refractivity contribution in [3.05, 3.63) is 23.8 Å². The van der Waals surface area contributed by atoms with Gasteiger partial charge in [-0.15, -0.1) is 11.6 Å². The van der Waals surface area contributed by atoms with E-state index in [1.54, 1.807) is 6.07 Å². The molecule has 1 aliphatic heterocycles. The molecule has 1 amide bonds. The number of hydrogen-bond donors (Lipinski definition) is 0. The first-order valence-electron chi connectivity index (χ1n) is 5.67. The molecule has 96 valence electrons. The molecule has 0 aromatic heterocycles. The van der Waals surface area contributed by atoms with Gasteiger partial charge in [-0.25, -0.2) is 0 Å². The molecule has 0 fully saturated rings. The average Bonchev–Trinajstić information content (AvgIpc) is 2.36. The fraction of sp³-hybridized carbons (Fsp3) is 0.385. The van der Waals surface area contributed by atoms with E-state index in [0.29, 0.717) is 11.4 Å². The standard InChI is InChI=1S/C13H14ClNO3/c1-8-3-4-11-10(5-8)15(13(17)6-14)7-12(18-11)9(2)16/h3-5,12H,6-7H2,1-2H3. The third-order valence-corrected chi connectivity index (χ3v) is 3.12. The number of anilines is 1. The van der Waals surface area contributed by atoms with Crippen LogP contribution in [-0.2, 0) is 9.59 Å². The van der Waals surface area contributed by atoms with Crippen LogP contribution in [0.25, 0.3) is 0 Å². The highest BCUT2D eigenvalue weighted by atomic mass is 35.5. The van der Waals surface area contributed by atoms with Crippen molar-refractivity contribution in [3.63, 3.8) is 0 Å². The number of benzene rings is 1. The highest BCUT2D eigenvalue weighted by molar-refractivity contribution is 6.29. The van der Waals surface area contributed by atoms with E-state index < -0.39 is 6.10 Å². The van der Waals surface area contributed by atoms with Crippen molar-refractivity contribution in [2.24, 2.45) is 0 Å². The zero-order valence-corrected chi connectivity index (χ0v) is 11.0. The van der Waals surface area contributed by atoms with Crippen molar-refractivity contribution >= 4 is 29.0 Å². The molecule has 1 heterocycles. The first-order valence-corrected chi connectivity index (χ1v) is 6.20. The van der Waals surface area contributed by atoms with Crippen molar-refractivity contribution < 1.29 is 14.3 Å². The highest BCUT2D eigenvalue weighted by Gasteiger charge is 2.31. The van der Waals surface area contributed by atoms with E-state index in [1.165, 1.54) is 11.8 Å². The van der Waals surface area contributed by atoms with Gasteiger partial charge < -0.3 is 9.64 Å². The normalized spacial score (nSPS) is 17.9. The van der Waals surface area contributed by atoms with E-state index in [9.17, 15) is 9.59 Å². The number of hydrogen-bond acceptors (Lipinski definition) is 3. The summed E-state index contributed by atoms with van der Waals surface area (Å²) in [5, 5.41) is 0. The minimum atomic E-state index is -0.618. The van der Waals surface area contributed by atoms with Crippen molar-refractivity contribution in [3.8, 4) is 5.75 Å². The van der Waals surface area contributed by atoms with Gasteiger partial charge in [-0.1, -0.05) is 6.07 Å². The highest BCUT2D eigenvalue weighted by Crippen LogP contribution is 2.34. The van der Waals surface area contributed by atoms with Gasteiger partial charge in [-0.3, -0.25) is 9.59 Å².